The van der Waals surface area contributed by atoms with Gasteiger partial charge in [0.05, 0.1) is 12.2 Å². The molecule has 0 aromatic carbocycles. The summed E-state index contributed by atoms with van der Waals surface area (Å²) in [6, 6.07) is 0.440. The van der Waals surface area contributed by atoms with Gasteiger partial charge in [0.15, 0.2) is 0 Å². The van der Waals surface area contributed by atoms with Crippen LogP contribution in [0.5, 0.6) is 0 Å². The summed E-state index contributed by atoms with van der Waals surface area (Å²) >= 11 is 0. The standard InChI is InChI=1S/C12H25NO2/c1-3-6-10(14)9-13-11-7-4-5-8-12(11)15-2/h10-14H,3-9H2,1-2H3. The summed E-state index contributed by atoms with van der Waals surface area (Å²) in [5.74, 6) is 0. The number of hydrogen-bond donors (Lipinski definition) is 2. The van der Waals surface area contributed by atoms with Gasteiger partial charge in [0, 0.05) is 19.7 Å². The fraction of sp³-hybridized carbons (Fsp3) is 1.00. The molecule has 0 amide bonds. The van der Waals surface area contributed by atoms with Crippen molar-refractivity contribution in [2.45, 2.75) is 63.7 Å². The van der Waals surface area contributed by atoms with Gasteiger partial charge in [-0.05, 0) is 19.3 Å². The number of aliphatic hydroxyl groups is 1. The monoisotopic (exact) mass is 215 g/mol. The zero-order valence-corrected chi connectivity index (χ0v) is 10.0. The van der Waals surface area contributed by atoms with Crippen molar-refractivity contribution < 1.29 is 9.84 Å². The van der Waals surface area contributed by atoms with Crippen molar-refractivity contribution in [3.05, 3.63) is 0 Å². The maximum Gasteiger partial charge on any atom is 0.0724 e. The lowest BCUT2D eigenvalue weighted by molar-refractivity contribution is 0.0361. The second kappa shape index (κ2) is 7.20. The Bertz CT molecular complexity index is 164. The molecule has 0 aromatic rings. The van der Waals surface area contributed by atoms with Crippen LogP contribution in [-0.4, -0.2) is 37.0 Å². The van der Waals surface area contributed by atoms with Crippen LogP contribution < -0.4 is 5.32 Å². The van der Waals surface area contributed by atoms with Gasteiger partial charge in [0.25, 0.3) is 0 Å². The Labute approximate surface area is 93.2 Å². The Morgan fingerprint density at radius 1 is 1.40 bits per heavy atom. The van der Waals surface area contributed by atoms with E-state index in [0.717, 1.165) is 19.3 Å². The zero-order valence-electron chi connectivity index (χ0n) is 10.0. The fourth-order valence-corrected chi connectivity index (χ4v) is 2.34. The van der Waals surface area contributed by atoms with Crippen molar-refractivity contribution in [2.24, 2.45) is 0 Å². The van der Waals surface area contributed by atoms with E-state index in [4.69, 9.17) is 4.74 Å². The molecule has 3 heteroatoms. The summed E-state index contributed by atoms with van der Waals surface area (Å²) in [4.78, 5) is 0. The third-order valence-corrected chi connectivity index (χ3v) is 3.24. The Morgan fingerprint density at radius 2 is 2.13 bits per heavy atom. The van der Waals surface area contributed by atoms with Crippen LogP contribution in [0.2, 0.25) is 0 Å². The predicted octanol–water partition coefficient (Wildman–Crippen LogP) is 1.69. The maximum atomic E-state index is 9.64. The Balaban J connectivity index is 2.22. The molecule has 3 atom stereocenters. The molecule has 0 spiro atoms. The molecule has 90 valence electrons. The normalized spacial score (nSPS) is 29.0. The number of methoxy groups -OCH3 is 1. The van der Waals surface area contributed by atoms with Crippen molar-refractivity contribution in [1.29, 1.82) is 0 Å². The van der Waals surface area contributed by atoms with E-state index in [1.165, 1.54) is 19.3 Å². The van der Waals surface area contributed by atoms with Crippen LogP contribution in [0.4, 0.5) is 0 Å². The van der Waals surface area contributed by atoms with Gasteiger partial charge in [-0.25, -0.2) is 0 Å². The summed E-state index contributed by atoms with van der Waals surface area (Å²) in [5.41, 5.74) is 0. The van der Waals surface area contributed by atoms with Crippen molar-refractivity contribution in [3.63, 3.8) is 0 Å². The highest BCUT2D eigenvalue weighted by atomic mass is 16.5. The number of aliphatic hydroxyl groups excluding tert-OH is 1. The molecule has 0 bridgehead atoms. The summed E-state index contributed by atoms with van der Waals surface area (Å²) in [7, 11) is 1.78. The minimum atomic E-state index is -0.200. The molecular weight excluding hydrogens is 190 g/mol. The molecule has 1 fully saturated rings. The third-order valence-electron chi connectivity index (χ3n) is 3.24. The molecule has 1 rings (SSSR count). The lowest BCUT2D eigenvalue weighted by atomic mass is 9.92. The Hall–Kier alpha value is -0.120. The van der Waals surface area contributed by atoms with Gasteiger partial charge in [-0.2, -0.15) is 0 Å². The van der Waals surface area contributed by atoms with Crippen LogP contribution in [0, 0.1) is 0 Å². The minimum Gasteiger partial charge on any atom is -0.392 e. The first-order valence-electron chi connectivity index (χ1n) is 6.22. The highest BCUT2D eigenvalue weighted by Crippen LogP contribution is 2.20. The zero-order chi connectivity index (χ0) is 11.1. The van der Waals surface area contributed by atoms with Gasteiger partial charge in [0.1, 0.15) is 0 Å². The van der Waals surface area contributed by atoms with Gasteiger partial charge in [-0.15, -0.1) is 0 Å². The first-order chi connectivity index (χ1) is 7.27. The quantitative estimate of drug-likeness (QED) is 0.708. The minimum absolute atomic E-state index is 0.200. The number of hydrogen-bond acceptors (Lipinski definition) is 3. The molecule has 0 radical (unpaired) electrons. The molecule has 1 saturated carbocycles. The molecule has 2 N–H and O–H groups in total. The summed E-state index contributed by atoms with van der Waals surface area (Å²) in [6.07, 6.45) is 6.95. The smallest absolute Gasteiger partial charge is 0.0724 e. The third kappa shape index (κ3) is 4.49. The van der Waals surface area contributed by atoms with Gasteiger partial charge in [0.2, 0.25) is 0 Å². The van der Waals surface area contributed by atoms with E-state index in [2.05, 4.69) is 12.2 Å². The van der Waals surface area contributed by atoms with Crippen molar-refractivity contribution in [3.8, 4) is 0 Å². The van der Waals surface area contributed by atoms with Crippen LogP contribution in [0.25, 0.3) is 0 Å². The number of rotatable bonds is 6. The van der Waals surface area contributed by atoms with Crippen LogP contribution >= 0.6 is 0 Å². The summed E-state index contributed by atoms with van der Waals surface area (Å²) < 4.78 is 5.45. The second-order valence-corrected chi connectivity index (χ2v) is 4.52. The van der Waals surface area contributed by atoms with Crippen LogP contribution in [0.3, 0.4) is 0 Å². The average Bonchev–Trinajstić information content (AvgIpc) is 2.27. The van der Waals surface area contributed by atoms with Gasteiger partial charge < -0.3 is 15.2 Å². The van der Waals surface area contributed by atoms with Crippen LogP contribution in [0.15, 0.2) is 0 Å². The molecular formula is C12H25NO2. The first kappa shape index (κ1) is 12.9. The molecule has 3 unspecified atom stereocenters. The molecule has 1 aliphatic rings. The SMILES string of the molecule is CCCC(O)CNC1CCCCC1OC. The van der Waals surface area contributed by atoms with E-state index in [1.54, 1.807) is 7.11 Å². The molecule has 0 aromatic heterocycles. The highest BCUT2D eigenvalue weighted by molar-refractivity contribution is 4.82. The lowest BCUT2D eigenvalue weighted by Gasteiger charge is -2.31. The van der Waals surface area contributed by atoms with Crippen molar-refractivity contribution >= 4 is 0 Å². The van der Waals surface area contributed by atoms with E-state index in [-0.39, 0.29) is 6.10 Å². The topological polar surface area (TPSA) is 41.5 Å². The van der Waals surface area contributed by atoms with Crippen LogP contribution in [-0.2, 0) is 4.74 Å². The van der Waals surface area contributed by atoms with Gasteiger partial charge >= 0.3 is 0 Å². The molecule has 0 aliphatic heterocycles. The fourth-order valence-electron chi connectivity index (χ4n) is 2.34. The van der Waals surface area contributed by atoms with E-state index in [1.807, 2.05) is 0 Å². The summed E-state index contributed by atoms with van der Waals surface area (Å²) in [6.45, 7) is 2.81. The van der Waals surface area contributed by atoms with E-state index < -0.39 is 0 Å². The lowest BCUT2D eigenvalue weighted by Crippen LogP contribution is -2.45. The van der Waals surface area contributed by atoms with E-state index in [9.17, 15) is 5.11 Å². The molecule has 0 saturated heterocycles. The number of ether oxygens (including phenoxy) is 1. The largest absolute Gasteiger partial charge is 0.392 e. The second-order valence-electron chi connectivity index (χ2n) is 4.52. The van der Waals surface area contributed by atoms with Gasteiger partial charge in [-0.3, -0.25) is 0 Å². The Kier molecular flexibility index (Phi) is 6.22. The predicted molar refractivity (Wildman–Crippen MR) is 62.0 cm³/mol. The maximum absolute atomic E-state index is 9.64. The van der Waals surface area contributed by atoms with Crippen molar-refractivity contribution in [2.75, 3.05) is 13.7 Å². The first-order valence-corrected chi connectivity index (χ1v) is 6.22. The summed E-state index contributed by atoms with van der Waals surface area (Å²) in [5, 5.41) is 13.1. The molecule has 1 aliphatic carbocycles. The molecule has 0 heterocycles. The number of nitrogens with one attached hydrogen (secondary N) is 1. The van der Waals surface area contributed by atoms with Crippen molar-refractivity contribution in [1.82, 2.24) is 5.32 Å². The Morgan fingerprint density at radius 3 is 2.80 bits per heavy atom. The van der Waals surface area contributed by atoms with E-state index in [0.29, 0.717) is 18.7 Å². The molecule has 15 heavy (non-hydrogen) atoms. The molecule has 3 nitrogen and oxygen atoms in total. The van der Waals surface area contributed by atoms with Crippen LogP contribution in [0.1, 0.15) is 45.4 Å². The highest BCUT2D eigenvalue weighted by Gasteiger charge is 2.24. The average molecular weight is 215 g/mol. The van der Waals surface area contributed by atoms with E-state index >= 15 is 0 Å². The van der Waals surface area contributed by atoms with Gasteiger partial charge in [-0.1, -0.05) is 26.2 Å².